The van der Waals surface area contributed by atoms with Crippen molar-refractivity contribution in [3.05, 3.63) is 5.01 Å². The molecule has 1 heterocycles. The second-order valence-electron chi connectivity index (χ2n) is 2.95. The highest BCUT2D eigenvalue weighted by Gasteiger charge is 2.09. The zero-order chi connectivity index (χ0) is 10.6. The minimum atomic E-state index is -0.745. The molecule has 0 bridgehead atoms. The lowest BCUT2D eigenvalue weighted by Gasteiger charge is -2.05. The highest BCUT2D eigenvalue weighted by Crippen LogP contribution is 2.28. The molecule has 0 aliphatic carbocycles. The highest BCUT2D eigenvalue weighted by atomic mass is 32.2. The van der Waals surface area contributed by atoms with Crippen LogP contribution < -0.4 is 0 Å². The molecule has 1 aromatic rings. The van der Waals surface area contributed by atoms with E-state index in [1.165, 1.54) is 0 Å². The average Bonchev–Trinajstić information content (AvgIpc) is 2.48. The molecule has 1 N–H and O–H groups in total. The summed E-state index contributed by atoms with van der Waals surface area (Å²) < 4.78 is 0.917. The molecule has 0 aliphatic rings. The van der Waals surface area contributed by atoms with Gasteiger partial charge in [-0.15, -0.1) is 10.2 Å². The largest absolute Gasteiger partial charge is 0.481 e. The summed E-state index contributed by atoms with van der Waals surface area (Å²) >= 11 is 3.13. The van der Waals surface area contributed by atoms with Crippen molar-refractivity contribution in [2.24, 2.45) is 0 Å². The summed E-state index contributed by atoms with van der Waals surface area (Å²) in [7, 11) is 0. The maximum Gasteiger partial charge on any atom is 0.303 e. The fraction of sp³-hybridized carbons (Fsp3) is 0.625. The Hall–Kier alpha value is -0.620. The molecule has 0 fully saturated rings. The Morgan fingerprint density at radius 2 is 2.36 bits per heavy atom. The summed E-state index contributed by atoms with van der Waals surface area (Å²) in [5.74, 6) is -0.745. The second kappa shape index (κ2) is 5.31. The molecule has 14 heavy (non-hydrogen) atoms. The van der Waals surface area contributed by atoms with Gasteiger partial charge in [0.25, 0.3) is 0 Å². The first kappa shape index (κ1) is 11.5. The van der Waals surface area contributed by atoms with Gasteiger partial charge < -0.3 is 5.11 Å². The van der Waals surface area contributed by atoms with E-state index in [0.29, 0.717) is 6.42 Å². The van der Waals surface area contributed by atoms with Gasteiger partial charge in [-0.2, -0.15) is 0 Å². The zero-order valence-corrected chi connectivity index (χ0v) is 9.69. The molecule has 1 rings (SSSR count). The summed E-state index contributed by atoms with van der Waals surface area (Å²) in [4.78, 5) is 10.3. The Bertz CT molecular complexity index is 314. The second-order valence-corrected chi connectivity index (χ2v) is 5.82. The minimum Gasteiger partial charge on any atom is -0.481 e. The average molecular weight is 232 g/mol. The van der Waals surface area contributed by atoms with E-state index in [0.717, 1.165) is 9.35 Å². The fourth-order valence-electron chi connectivity index (χ4n) is 0.884. The Kier molecular flexibility index (Phi) is 4.34. The quantitative estimate of drug-likeness (QED) is 0.788. The van der Waals surface area contributed by atoms with Gasteiger partial charge in [0.1, 0.15) is 5.01 Å². The van der Waals surface area contributed by atoms with Crippen molar-refractivity contribution < 1.29 is 9.90 Å². The number of carbonyl (C=O) groups is 1. The lowest BCUT2D eigenvalue weighted by atomic mass is 10.2. The van der Waals surface area contributed by atoms with Crippen LogP contribution in [0.1, 0.15) is 24.8 Å². The van der Waals surface area contributed by atoms with Gasteiger partial charge in [0.2, 0.25) is 0 Å². The van der Waals surface area contributed by atoms with Crippen LogP contribution in [0, 0.1) is 6.92 Å². The van der Waals surface area contributed by atoms with Gasteiger partial charge in [0.05, 0.1) is 0 Å². The van der Waals surface area contributed by atoms with Crippen molar-refractivity contribution in [1.82, 2.24) is 10.2 Å². The van der Waals surface area contributed by atoms with E-state index in [2.05, 4.69) is 10.2 Å². The summed E-state index contributed by atoms with van der Waals surface area (Å²) in [5, 5.41) is 17.6. The Morgan fingerprint density at radius 3 is 2.86 bits per heavy atom. The maximum atomic E-state index is 10.3. The predicted molar refractivity (Wildman–Crippen MR) is 56.8 cm³/mol. The first-order valence-electron chi connectivity index (χ1n) is 4.26. The molecule has 1 aromatic heterocycles. The van der Waals surface area contributed by atoms with Gasteiger partial charge in [-0.05, 0) is 13.3 Å². The normalized spacial score (nSPS) is 12.7. The third-order valence-corrected chi connectivity index (χ3v) is 3.67. The van der Waals surface area contributed by atoms with Crippen LogP contribution in [0.15, 0.2) is 4.34 Å². The summed E-state index contributed by atoms with van der Waals surface area (Å²) in [6.07, 6.45) is 0.880. The van der Waals surface area contributed by atoms with Crippen LogP contribution in [0.2, 0.25) is 0 Å². The third kappa shape index (κ3) is 4.06. The number of carboxylic acids is 1. The van der Waals surface area contributed by atoms with Crippen molar-refractivity contribution >= 4 is 29.1 Å². The smallest absolute Gasteiger partial charge is 0.303 e. The Labute approximate surface area is 90.7 Å². The summed E-state index contributed by atoms with van der Waals surface area (Å²) in [6, 6.07) is 0. The first-order chi connectivity index (χ1) is 6.58. The topological polar surface area (TPSA) is 63.1 Å². The molecule has 1 unspecified atom stereocenters. The molecule has 6 heteroatoms. The molecule has 78 valence electrons. The molecule has 0 aliphatic heterocycles. The number of aromatic nitrogens is 2. The predicted octanol–water partition coefficient (Wildman–Crippen LogP) is 2.19. The van der Waals surface area contributed by atoms with Crippen LogP contribution in [-0.2, 0) is 4.79 Å². The van der Waals surface area contributed by atoms with Crippen molar-refractivity contribution in [2.75, 3.05) is 0 Å². The number of hydrogen-bond acceptors (Lipinski definition) is 5. The molecule has 1 atom stereocenters. The molecular formula is C8H12N2O2S2. The van der Waals surface area contributed by atoms with Crippen LogP contribution in [0.25, 0.3) is 0 Å². The monoisotopic (exact) mass is 232 g/mol. The number of aliphatic carboxylic acids is 1. The van der Waals surface area contributed by atoms with Gasteiger partial charge in [0, 0.05) is 11.7 Å². The Morgan fingerprint density at radius 1 is 1.64 bits per heavy atom. The number of rotatable bonds is 5. The molecule has 0 aromatic carbocycles. The van der Waals surface area contributed by atoms with Crippen LogP contribution in [0.5, 0.6) is 0 Å². The molecule has 4 nitrogen and oxygen atoms in total. The van der Waals surface area contributed by atoms with Gasteiger partial charge in [0.15, 0.2) is 4.34 Å². The molecule has 0 spiro atoms. The fourth-order valence-corrected chi connectivity index (χ4v) is 3.01. The lowest BCUT2D eigenvalue weighted by molar-refractivity contribution is -0.137. The maximum absolute atomic E-state index is 10.3. The van der Waals surface area contributed by atoms with E-state index >= 15 is 0 Å². The van der Waals surface area contributed by atoms with Crippen molar-refractivity contribution in [3.63, 3.8) is 0 Å². The standard InChI is InChI=1S/C8H12N2O2S2/c1-5(3-4-7(11)12)13-8-10-9-6(2)14-8/h5H,3-4H2,1-2H3,(H,11,12). The van der Waals surface area contributed by atoms with Crippen LogP contribution in [0.4, 0.5) is 0 Å². The van der Waals surface area contributed by atoms with E-state index in [-0.39, 0.29) is 11.7 Å². The SMILES string of the molecule is Cc1nnc(SC(C)CCC(=O)O)s1. The van der Waals surface area contributed by atoms with Gasteiger partial charge in [-0.25, -0.2) is 0 Å². The Balaban J connectivity index is 2.33. The summed E-state index contributed by atoms with van der Waals surface area (Å²) in [5.41, 5.74) is 0. The van der Waals surface area contributed by atoms with Crippen LogP contribution in [0.3, 0.4) is 0 Å². The van der Waals surface area contributed by atoms with Crippen molar-refractivity contribution in [3.8, 4) is 0 Å². The lowest BCUT2D eigenvalue weighted by Crippen LogP contribution is -2.01. The number of thioether (sulfide) groups is 1. The van der Waals surface area contributed by atoms with E-state index in [4.69, 9.17) is 5.11 Å². The van der Waals surface area contributed by atoms with Gasteiger partial charge in [-0.3, -0.25) is 4.79 Å². The number of nitrogens with zero attached hydrogens (tertiary/aromatic N) is 2. The van der Waals surface area contributed by atoms with Crippen molar-refractivity contribution in [1.29, 1.82) is 0 Å². The van der Waals surface area contributed by atoms with Gasteiger partial charge >= 0.3 is 5.97 Å². The summed E-state index contributed by atoms with van der Waals surface area (Å²) in [6.45, 7) is 3.91. The molecule has 0 saturated carbocycles. The molecule has 0 radical (unpaired) electrons. The van der Waals surface area contributed by atoms with E-state index in [1.807, 2.05) is 13.8 Å². The van der Waals surface area contributed by atoms with E-state index in [1.54, 1.807) is 23.1 Å². The third-order valence-electron chi connectivity index (χ3n) is 1.57. The number of aryl methyl sites for hydroxylation is 1. The first-order valence-corrected chi connectivity index (χ1v) is 5.96. The van der Waals surface area contributed by atoms with E-state index < -0.39 is 5.97 Å². The van der Waals surface area contributed by atoms with Crippen LogP contribution >= 0.6 is 23.1 Å². The van der Waals surface area contributed by atoms with Crippen molar-refractivity contribution in [2.45, 2.75) is 36.3 Å². The highest BCUT2D eigenvalue weighted by molar-refractivity contribution is 8.01. The minimum absolute atomic E-state index is 0.214. The zero-order valence-electron chi connectivity index (χ0n) is 8.06. The van der Waals surface area contributed by atoms with E-state index in [9.17, 15) is 4.79 Å². The van der Waals surface area contributed by atoms with Crippen LogP contribution in [-0.4, -0.2) is 26.5 Å². The van der Waals surface area contributed by atoms with Gasteiger partial charge in [-0.1, -0.05) is 30.0 Å². The molecular weight excluding hydrogens is 220 g/mol. The number of carboxylic acid groups (broad SMARTS) is 1. The molecule has 0 saturated heterocycles. The number of hydrogen-bond donors (Lipinski definition) is 1. The molecule has 0 amide bonds.